The van der Waals surface area contributed by atoms with Gasteiger partial charge in [0.15, 0.2) is 0 Å². The Morgan fingerprint density at radius 1 is 1.35 bits per heavy atom. The summed E-state index contributed by atoms with van der Waals surface area (Å²) in [5, 5.41) is 8.50. The molecule has 0 aliphatic carbocycles. The maximum atomic E-state index is 12.5. The Kier molecular flexibility index (Phi) is 7.50. The first-order chi connectivity index (χ1) is 10.5. The lowest BCUT2D eigenvalue weighted by atomic mass is 10.0. The number of amides is 1. The van der Waals surface area contributed by atoms with Gasteiger partial charge in [-0.25, -0.2) is 9.97 Å². The Bertz CT molecular complexity index is 509. The van der Waals surface area contributed by atoms with E-state index in [0.717, 1.165) is 38.1 Å². The lowest BCUT2D eigenvalue weighted by Gasteiger charge is -2.22. The highest BCUT2D eigenvalue weighted by atomic mass is 35.5. The summed E-state index contributed by atoms with van der Waals surface area (Å²) >= 11 is 0. The van der Waals surface area contributed by atoms with Gasteiger partial charge in [-0.15, -0.1) is 12.4 Å². The summed E-state index contributed by atoms with van der Waals surface area (Å²) in [7, 11) is 0. The van der Waals surface area contributed by atoms with Gasteiger partial charge in [0.2, 0.25) is 11.9 Å². The van der Waals surface area contributed by atoms with Gasteiger partial charge in [-0.1, -0.05) is 6.42 Å². The first-order valence-electron chi connectivity index (χ1n) is 7.12. The van der Waals surface area contributed by atoms with Gasteiger partial charge in [0, 0.05) is 19.3 Å². The van der Waals surface area contributed by atoms with E-state index in [0.29, 0.717) is 0 Å². The summed E-state index contributed by atoms with van der Waals surface area (Å²) in [6.45, 7) is 1.37. The van der Waals surface area contributed by atoms with Crippen molar-refractivity contribution in [1.29, 1.82) is 0 Å². The fourth-order valence-electron chi connectivity index (χ4n) is 2.16. The van der Waals surface area contributed by atoms with Crippen molar-refractivity contribution in [2.45, 2.75) is 31.5 Å². The maximum Gasteiger partial charge on any atom is 0.433 e. The van der Waals surface area contributed by atoms with Crippen molar-refractivity contribution in [3.63, 3.8) is 0 Å². The Hall–Kier alpha value is -1.61. The number of carbonyl (C=O) groups is 1. The van der Waals surface area contributed by atoms with E-state index in [2.05, 4.69) is 25.9 Å². The number of nitrogens with one attached hydrogen (secondary N) is 3. The number of rotatable bonds is 5. The van der Waals surface area contributed by atoms with Crippen LogP contribution in [0.1, 0.15) is 25.0 Å². The van der Waals surface area contributed by atoms with Gasteiger partial charge < -0.3 is 16.0 Å². The van der Waals surface area contributed by atoms with E-state index < -0.39 is 11.9 Å². The fraction of sp³-hybridized carbons (Fsp3) is 0.615. The molecule has 1 aromatic rings. The van der Waals surface area contributed by atoms with E-state index in [1.165, 1.54) is 0 Å². The number of hydrogen-bond acceptors (Lipinski definition) is 5. The highest BCUT2D eigenvalue weighted by Gasteiger charge is 2.32. The van der Waals surface area contributed by atoms with Crippen molar-refractivity contribution in [1.82, 2.24) is 20.6 Å². The molecule has 2 heterocycles. The van der Waals surface area contributed by atoms with Gasteiger partial charge in [-0.05, 0) is 25.5 Å². The smallest absolute Gasteiger partial charge is 0.353 e. The Balaban J connectivity index is 0.00000264. The van der Waals surface area contributed by atoms with Crippen LogP contribution in [0.15, 0.2) is 12.3 Å². The molecule has 1 aliphatic rings. The van der Waals surface area contributed by atoms with Crippen molar-refractivity contribution in [2.24, 2.45) is 0 Å². The fourth-order valence-corrected chi connectivity index (χ4v) is 2.16. The van der Waals surface area contributed by atoms with Gasteiger partial charge in [-0.2, -0.15) is 13.2 Å². The standard InChI is InChI=1S/C13H18F3N5O.ClH/c14-13(15,16)10-4-6-19-12(21-10)20-8-7-18-11(22)9-3-1-2-5-17-9;/h4,6,9,17H,1-3,5,7-8H2,(H,18,22)(H,19,20,21);1H. The number of carbonyl (C=O) groups excluding carboxylic acids is 1. The average Bonchev–Trinajstić information content (AvgIpc) is 2.52. The minimum absolute atomic E-state index is 0. The van der Waals surface area contributed by atoms with Crippen LogP contribution >= 0.6 is 12.4 Å². The van der Waals surface area contributed by atoms with E-state index >= 15 is 0 Å². The molecule has 1 fully saturated rings. The minimum Gasteiger partial charge on any atom is -0.353 e. The zero-order valence-corrected chi connectivity index (χ0v) is 13.1. The largest absolute Gasteiger partial charge is 0.433 e. The summed E-state index contributed by atoms with van der Waals surface area (Å²) in [4.78, 5) is 18.9. The normalized spacial score (nSPS) is 18.0. The number of hydrogen-bond donors (Lipinski definition) is 3. The third-order valence-electron chi connectivity index (χ3n) is 3.28. The molecule has 6 nitrogen and oxygen atoms in total. The minimum atomic E-state index is -4.50. The number of anilines is 1. The molecule has 1 saturated heterocycles. The molecule has 1 atom stereocenters. The predicted octanol–water partition coefficient (Wildman–Crippen LogP) is 1.59. The molecule has 0 aromatic carbocycles. The van der Waals surface area contributed by atoms with Crippen molar-refractivity contribution in [3.8, 4) is 0 Å². The van der Waals surface area contributed by atoms with Crippen LogP contribution in [0.25, 0.3) is 0 Å². The Labute approximate surface area is 138 Å². The molecular weight excluding hydrogens is 335 g/mol. The van der Waals surface area contributed by atoms with Crippen molar-refractivity contribution >= 4 is 24.3 Å². The summed E-state index contributed by atoms with van der Waals surface area (Å²) < 4.78 is 37.5. The first kappa shape index (κ1) is 19.4. The summed E-state index contributed by atoms with van der Waals surface area (Å²) in [5.74, 6) is -0.202. The molecule has 1 amide bonds. The second-order valence-electron chi connectivity index (χ2n) is 4.98. The Morgan fingerprint density at radius 2 is 2.13 bits per heavy atom. The molecule has 130 valence electrons. The third-order valence-corrected chi connectivity index (χ3v) is 3.28. The van der Waals surface area contributed by atoms with E-state index in [9.17, 15) is 18.0 Å². The molecule has 0 radical (unpaired) electrons. The predicted molar refractivity (Wildman–Crippen MR) is 81.4 cm³/mol. The SMILES string of the molecule is Cl.O=C(NCCNc1nccc(C(F)(F)F)n1)C1CCCCN1. The van der Waals surface area contributed by atoms with Gasteiger partial charge in [0.1, 0.15) is 5.69 Å². The zero-order valence-electron chi connectivity index (χ0n) is 12.3. The molecule has 0 saturated carbocycles. The molecule has 0 bridgehead atoms. The van der Waals surface area contributed by atoms with Gasteiger partial charge in [0.25, 0.3) is 0 Å². The van der Waals surface area contributed by atoms with Crippen LogP contribution in [-0.4, -0.2) is 41.6 Å². The molecule has 0 spiro atoms. The molecule has 1 aliphatic heterocycles. The molecule has 1 unspecified atom stereocenters. The molecule has 10 heteroatoms. The number of halogens is 4. The third kappa shape index (κ3) is 6.19. The molecular formula is C13H19ClF3N5O. The van der Waals surface area contributed by atoms with Crippen molar-refractivity contribution < 1.29 is 18.0 Å². The van der Waals surface area contributed by atoms with Crippen molar-refractivity contribution in [3.05, 3.63) is 18.0 Å². The second-order valence-corrected chi connectivity index (χ2v) is 4.98. The van der Waals surface area contributed by atoms with Crippen LogP contribution in [0.4, 0.5) is 19.1 Å². The van der Waals surface area contributed by atoms with Crippen molar-refractivity contribution in [2.75, 3.05) is 25.0 Å². The van der Waals surface area contributed by atoms with Gasteiger partial charge in [-0.3, -0.25) is 4.79 Å². The van der Waals surface area contributed by atoms with Crippen LogP contribution in [-0.2, 0) is 11.0 Å². The van der Waals surface area contributed by atoms with E-state index in [-0.39, 0.29) is 43.4 Å². The number of nitrogens with zero attached hydrogens (tertiary/aromatic N) is 2. The van der Waals surface area contributed by atoms with Crippen LogP contribution < -0.4 is 16.0 Å². The lowest BCUT2D eigenvalue weighted by Crippen LogP contribution is -2.47. The van der Waals surface area contributed by atoms with Crippen LogP contribution in [0.3, 0.4) is 0 Å². The van der Waals surface area contributed by atoms with Gasteiger partial charge >= 0.3 is 6.18 Å². The van der Waals surface area contributed by atoms with Crippen LogP contribution in [0.5, 0.6) is 0 Å². The van der Waals surface area contributed by atoms with Crippen LogP contribution in [0.2, 0.25) is 0 Å². The van der Waals surface area contributed by atoms with Gasteiger partial charge in [0.05, 0.1) is 6.04 Å². The number of piperidine rings is 1. The quantitative estimate of drug-likeness (QED) is 0.701. The Morgan fingerprint density at radius 3 is 2.78 bits per heavy atom. The highest BCUT2D eigenvalue weighted by Crippen LogP contribution is 2.27. The topological polar surface area (TPSA) is 78.9 Å². The van der Waals surface area contributed by atoms with E-state index in [1.807, 2.05) is 0 Å². The molecule has 1 aromatic heterocycles. The number of alkyl halides is 3. The highest BCUT2D eigenvalue weighted by molar-refractivity contribution is 5.85. The molecule has 3 N–H and O–H groups in total. The van der Waals surface area contributed by atoms with Crippen LogP contribution in [0, 0.1) is 0 Å². The number of aromatic nitrogens is 2. The maximum absolute atomic E-state index is 12.5. The molecule has 2 rings (SSSR count). The zero-order chi connectivity index (χ0) is 16.0. The summed E-state index contributed by atoms with van der Waals surface area (Å²) in [6.07, 6.45) is -0.571. The summed E-state index contributed by atoms with van der Waals surface area (Å²) in [6, 6.07) is 0.625. The van der Waals surface area contributed by atoms with E-state index in [1.54, 1.807) is 0 Å². The summed E-state index contributed by atoms with van der Waals surface area (Å²) in [5.41, 5.74) is -1.000. The monoisotopic (exact) mass is 353 g/mol. The lowest BCUT2D eigenvalue weighted by molar-refractivity contribution is -0.141. The second kappa shape index (κ2) is 8.88. The first-order valence-corrected chi connectivity index (χ1v) is 7.12. The molecule has 23 heavy (non-hydrogen) atoms. The average molecular weight is 354 g/mol. The van der Waals surface area contributed by atoms with E-state index in [4.69, 9.17) is 0 Å².